The maximum absolute atomic E-state index is 12.3. The van der Waals surface area contributed by atoms with E-state index in [-0.39, 0.29) is 10.8 Å². The van der Waals surface area contributed by atoms with E-state index in [9.17, 15) is 13.2 Å². The first-order valence-electron chi connectivity index (χ1n) is 7.72. The lowest BCUT2D eigenvalue weighted by molar-refractivity contribution is -0.126. The van der Waals surface area contributed by atoms with Crippen molar-refractivity contribution in [1.82, 2.24) is 4.72 Å². The van der Waals surface area contributed by atoms with Gasteiger partial charge < -0.3 is 10.1 Å². The van der Waals surface area contributed by atoms with Gasteiger partial charge in [-0.2, -0.15) is 0 Å². The van der Waals surface area contributed by atoms with Crippen LogP contribution in [0, 0.1) is 0 Å². The van der Waals surface area contributed by atoms with E-state index in [1.807, 2.05) is 0 Å². The van der Waals surface area contributed by atoms with Crippen LogP contribution in [-0.2, 0) is 19.6 Å². The molecule has 2 N–H and O–H groups in total. The van der Waals surface area contributed by atoms with Crippen LogP contribution in [0.15, 0.2) is 41.8 Å². The number of ether oxygens (including phenoxy) is 1. The van der Waals surface area contributed by atoms with Gasteiger partial charge in [-0.05, 0) is 52.3 Å². The predicted octanol–water partition coefficient (Wildman–Crippen LogP) is 2.68. The zero-order valence-electron chi connectivity index (χ0n) is 14.6. The average molecular weight is 354 g/mol. The Balaban J connectivity index is 2.82. The minimum Gasteiger partial charge on any atom is -0.368 e. The van der Waals surface area contributed by atoms with Crippen LogP contribution >= 0.6 is 0 Å². The monoisotopic (exact) mass is 354 g/mol. The zero-order valence-corrected chi connectivity index (χ0v) is 15.4. The van der Waals surface area contributed by atoms with Crippen LogP contribution in [0.4, 0.5) is 5.69 Å². The number of hydrogen-bond acceptors (Lipinski definition) is 4. The Kier molecular flexibility index (Phi) is 7.13. The first-order valence-corrected chi connectivity index (χ1v) is 9.21. The lowest BCUT2D eigenvalue weighted by atomic mass is 10.1. The fourth-order valence-corrected chi connectivity index (χ4v) is 3.31. The van der Waals surface area contributed by atoms with Crippen molar-refractivity contribution >= 4 is 21.6 Å². The molecular weight excluding hydrogens is 328 g/mol. The van der Waals surface area contributed by atoms with Crippen LogP contribution in [-0.4, -0.2) is 32.6 Å². The van der Waals surface area contributed by atoms with Gasteiger partial charge >= 0.3 is 0 Å². The minimum absolute atomic E-state index is 0.0930. The lowest BCUT2D eigenvalue weighted by Gasteiger charge is -2.20. The molecule has 0 heterocycles. The molecule has 0 saturated heterocycles. The van der Waals surface area contributed by atoms with Crippen LogP contribution in [0.2, 0.25) is 0 Å². The topological polar surface area (TPSA) is 84.5 Å². The van der Waals surface area contributed by atoms with Crippen molar-refractivity contribution in [2.45, 2.75) is 50.7 Å². The second-order valence-electron chi connectivity index (χ2n) is 6.46. The van der Waals surface area contributed by atoms with E-state index in [1.165, 1.54) is 12.1 Å². The van der Waals surface area contributed by atoms with E-state index in [4.69, 9.17) is 4.74 Å². The molecule has 0 fully saturated rings. The number of sulfonamides is 1. The summed E-state index contributed by atoms with van der Waals surface area (Å²) in [5, 5.41) is 2.66. The molecule has 1 amide bonds. The third-order valence-corrected chi connectivity index (χ3v) is 4.67. The largest absolute Gasteiger partial charge is 0.368 e. The molecule has 1 aromatic rings. The molecule has 0 aliphatic heterocycles. The summed E-state index contributed by atoms with van der Waals surface area (Å²) >= 11 is 0. The van der Waals surface area contributed by atoms with Crippen molar-refractivity contribution in [3.63, 3.8) is 0 Å². The molecule has 134 valence electrons. The summed E-state index contributed by atoms with van der Waals surface area (Å²) in [6.45, 7) is 10.9. The standard InChI is InChI=1S/C17H26N2O4S/c1-6-7-11-23-13(2)16(20)18-14-9-8-10-15(12-14)24(21,22)19-17(3,4)5/h6,8-10,12-13,19H,1,7,11H2,2-5H3,(H,18,20). The van der Waals surface area contributed by atoms with Crippen molar-refractivity contribution in [3.8, 4) is 0 Å². The third-order valence-electron chi connectivity index (χ3n) is 2.91. The van der Waals surface area contributed by atoms with Gasteiger partial charge in [0.05, 0.1) is 11.5 Å². The number of hydrogen-bond donors (Lipinski definition) is 2. The molecule has 1 rings (SSSR count). The highest BCUT2D eigenvalue weighted by atomic mass is 32.2. The molecule has 0 bridgehead atoms. The fraction of sp³-hybridized carbons (Fsp3) is 0.471. The van der Waals surface area contributed by atoms with Crippen molar-refractivity contribution < 1.29 is 17.9 Å². The summed E-state index contributed by atoms with van der Waals surface area (Å²) in [4.78, 5) is 12.2. The summed E-state index contributed by atoms with van der Waals surface area (Å²) in [6.07, 6.45) is 1.73. The highest BCUT2D eigenvalue weighted by molar-refractivity contribution is 7.89. The van der Waals surface area contributed by atoms with Gasteiger partial charge in [-0.3, -0.25) is 4.79 Å². The Labute approximate surface area is 144 Å². The summed E-state index contributed by atoms with van der Waals surface area (Å²) in [6, 6.07) is 6.11. The van der Waals surface area contributed by atoms with Crippen LogP contribution in [0.5, 0.6) is 0 Å². The van der Waals surface area contributed by atoms with Gasteiger partial charge in [0.2, 0.25) is 10.0 Å². The first kappa shape index (κ1) is 20.3. The highest BCUT2D eigenvalue weighted by Crippen LogP contribution is 2.18. The summed E-state index contributed by atoms with van der Waals surface area (Å²) in [5.41, 5.74) is -0.193. The first-order chi connectivity index (χ1) is 11.0. The molecule has 1 unspecified atom stereocenters. The molecule has 1 aromatic carbocycles. The molecule has 0 saturated carbocycles. The van der Waals surface area contributed by atoms with E-state index in [0.29, 0.717) is 18.7 Å². The number of anilines is 1. The van der Waals surface area contributed by atoms with Gasteiger partial charge in [-0.25, -0.2) is 13.1 Å². The Morgan fingerprint density at radius 2 is 2.04 bits per heavy atom. The molecule has 24 heavy (non-hydrogen) atoms. The van der Waals surface area contributed by atoms with E-state index in [2.05, 4.69) is 16.6 Å². The molecule has 6 nitrogen and oxygen atoms in total. The van der Waals surface area contributed by atoms with Crippen LogP contribution in [0.1, 0.15) is 34.1 Å². The molecule has 1 atom stereocenters. The van der Waals surface area contributed by atoms with E-state index in [1.54, 1.807) is 45.9 Å². The normalized spacial score (nSPS) is 13.3. The number of carbonyl (C=O) groups is 1. The van der Waals surface area contributed by atoms with Crippen molar-refractivity contribution in [1.29, 1.82) is 0 Å². The highest BCUT2D eigenvalue weighted by Gasteiger charge is 2.22. The Morgan fingerprint density at radius 1 is 1.38 bits per heavy atom. The Morgan fingerprint density at radius 3 is 2.62 bits per heavy atom. The van der Waals surface area contributed by atoms with E-state index in [0.717, 1.165) is 0 Å². The molecule has 0 aliphatic carbocycles. The fourth-order valence-electron chi connectivity index (χ4n) is 1.85. The number of benzene rings is 1. The Hall–Kier alpha value is -1.70. The molecule has 0 aromatic heterocycles. The van der Waals surface area contributed by atoms with Gasteiger partial charge in [0.25, 0.3) is 5.91 Å². The second kappa shape index (κ2) is 8.41. The molecular formula is C17H26N2O4S. The maximum atomic E-state index is 12.3. The van der Waals surface area contributed by atoms with Gasteiger partial charge in [0, 0.05) is 11.2 Å². The van der Waals surface area contributed by atoms with Gasteiger partial charge in [-0.15, -0.1) is 6.58 Å². The lowest BCUT2D eigenvalue weighted by Crippen LogP contribution is -2.40. The maximum Gasteiger partial charge on any atom is 0.253 e. The van der Waals surface area contributed by atoms with Gasteiger partial charge in [0.15, 0.2) is 0 Å². The number of amides is 1. The smallest absolute Gasteiger partial charge is 0.253 e. The van der Waals surface area contributed by atoms with E-state index >= 15 is 0 Å². The quantitative estimate of drug-likeness (QED) is 0.555. The average Bonchev–Trinajstić information content (AvgIpc) is 2.45. The SMILES string of the molecule is C=CCCOC(C)C(=O)Nc1cccc(S(=O)(=O)NC(C)(C)C)c1. The predicted molar refractivity (Wildman–Crippen MR) is 95.4 cm³/mol. The van der Waals surface area contributed by atoms with Crippen LogP contribution in [0.3, 0.4) is 0 Å². The molecule has 7 heteroatoms. The molecule has 0 spiro atoms. The summed E-state index contributed by atoms with van der Waals surface area (Å²) < 4.78 is 32.6. The summed E-state index contributed by atoms with van der Waals surface area (Å²) in [7, 11) is -3.66. The number of nitrogens with one attached hydrogen (secondary N) is 2. The van der Waals surface area contributed by atoms with Crippen LogP contribution < -0.4 is 10.0 Å². The van der Waals surface area contributed by atoms with Crippen molar-refractivity contribution in [3.05, 3.63) is 36.9 Å². The summed E-state index contributed by atoms with van der Waals surface area (Å²) in [5.74, 6) is -0.336. The van der Waals surface area contributed by atoms with E-state index < -0.39 is 21.7 Å². The number of rotatable bonds is 8. The van der Waals surface area contributed by atoms with Gasteiger partial charge in [-0.1, -0.05) is 12.1 Å². The number of carbonyl (C=O) groups excluding carboxylic acids is 1. The van der Waals surface area contributed by atoms with Crippen LogP contribution in [0.25, 0.3) is 0 Å². The van der Waals surface area contributed by atoms with Gasteiger partial charge in [0.1, 0.15) is 6.10 Å². The Bertz CT molecular complexity index is 678. The van der Waals surface area contributed by atoms with Crippen molar-refractivity contribution in [2.75, 3.05) is 11.9 Å². The molecule has 0 radical (unpaired) electrons. The third kappa shape index (κ3) is 6.82. The zero-order chi connectivity index (χ0) is 18.4. The van der Waals surface area contributed by atoms with Crippen molar-refractivity contribution in [2.24, 2.45) is 0 Å². The second-order valence-corrected chi connectivity index (χ2v) is 8.15. The molecule has 0 aliphatic rings. The minimum atomic E-state index is -3.66.